The monoisotopic (exact) mass is 286 g/mol. The van der Waals surface area contributed by atoms with Crippen LogP contribution >= 0.6 is 11.6 Å². The molecule has 0 saturated carbocycles. The van der Waals surface area contributed by atoms with Gasteiger partial charge in [-0.3, -0.25) is 0 Å². The van der Waals surface area contributed by atoms with Crippen molar-refractivity contribution in [3.63, 3.8) is 0 Å². The first-order valence-electron chi connectivity index (χ1n) is 6.58. The minimum atomic E-state index is -0.319. The number of halogens is 2. The Balaban J connectivity index is 2.33. The Morgan fingerprint density at radius 2 is 1.95 bits per heavy atom. The third-order valence-electron chi connectivity index (χ3n) is 4.15. The van der Waals surface area contributed by atoms with Gasteiger partial charge in [0.15, 0.2) is 0 Å². The lowest BCUT2D eigenvalue weighted by atomic mass is 9.84. The van der Waals surface area contributed by atoms with Crippen molar-refractivity contribution in [1.82, 2.24) is 0 Å². The Labute approximate surface area is 118 Å². The highest BCUT2D eigenvalue weighted by Gasteiger charge is 2.42. The molecular formula is C15H20ClFO2. The average molecular weight is 287 g/mol. The van der Waals surface area contributed by atoms with E-state index in [-0.39, 0.29) is 29.3 Å². The van der Waals surface area contributed by atoms with E-state index in [2.05, 4.69) is 6.92 Å². The van der Waals surface area contributed by atoms with Gasteiger partial charge in [0.2, 0.25) is 0 Å². The Morgan fingerprint density at radius 1 is 1.26 bits per heavy atom. The molecule has 0 N–H and O–H groups in total. The molecule has 4 heteroatoms. The lowest BCUT2D eigenvalue weighted by molar-refractivity contribution is 0.0507. The second-order valence-electron chi connectivity index (χ2n) is 5.27. The summed E-state index contributed by atoms with van der Waals surface area (Å²) in [7, 11) is 1.57. The van der Waals surface area contributed by atoms with Crippen LogP contribution in [0.15, 0.2) is 18.2 Å². The van der Waals surface area contributed by atoms with Gasteiger partial charge in [0.05, 0.1) is 24.7 Å². The third kappa shape index (κ3) is 2.72. The van der Waals surface area contributed by atoms with Gasteiger partial charge in [-0.25, -0.2) is 4.39 Å². The molecular weight excluding hydrogens is 267 g/mol. The molecule has 1 heterocycles. The summed E-state index contributed by atoms with van der Waals surface area (Å²) in [5, 5.41) is -0.319. The van der Waals surface area contributed by atoms with Crippen molar-refractivity contribution in [3.05, 3.63) is 29.6 Å². The maximum absolute atomic E-state index is 13.5. The first-order valence-corrected chi connectivity index (χ1v) is 7.02. The summed E-state index contributed by atoms with van der Waals surface area (Å²) in [6.45, 7) is 6.19. The molecule has 1 aromatic rings. The molecule has 0 spiro atoms. The van der Waals surface area contributed by atoms with E-state index in [0.29, 0.717) is 17.2 Å². The average Bonchev–Trinajstić information content (AvgIpc) is 2.62. The van der Waals surface area contributed by atoms with Gasteiger partial charge in [-0.15, -0.1) is 11.6 Å². The van der Waals surface area contributed by atoms with Crippen LogP contribution in [-0.4, -0.2) is 19.3 Å². The highest BCUT2D eigenvalue weighted by Crippen LogP contribution is 2.46. The summed E-state index contributed by atoms with van der Waals surface area (Å²) in [6, 6.07) is 4.46. The summed E-state index contributed by atoms with van der Waals surface area (Å²) in [5.74, 6) is 0.798. The molecule has 0 aliphatic carbocycles. The molecule has 0 amide bonds. The molecule has 1 aliphatic heterocycles. The van der Waals surface area contributed by atoms with Crippen molar-refractivity contribution in [1.29, 1.82) is 0 Å². The minimum Gasteiger partial charge on any atom is -0.496 e. The number of methoxy groups -OCH3 is 1. The molecule has 0 bridgehead atoms. The highest BCUT2D eigenvalue weighted by molar-refractivity contribution is 6.21. The van der Waals surface area contributed by atoms with E-state index in [1.807, 2.05) is 13.8 Å². The van der Waals surface area contributed by atoms with E-state index >= 15 is 0 Å². The number of rotatable bonds is 3. The molecule has 19 heavy (non-hydrogen) atoms. The zero-order valence-electron chi connectivity index (χ0n) is 11.7. The molecule has 5 unspecified atom stereocenters. The molecule has 2 rings (SSSR count). The van der Waals surface area contributed by atoms with Crippen LogP contribution in [0.3, 0.4) is 0 Å². The van der Waals surface area contributed by atoms with Crippen LogP contribution < -0.4 is 4.74 Å². The van der Waals surface area contributed by atoms with Crippen LogP contribution in [0.5, 0.6) is 5.75 Å². The SMILES string of the molecule is COc1ccc(F)cc1C(Cl)C1C(C)OC(C)C1C. The Kier molecular flexibility index (Phi) is 4.36. The summed E-state index contributed by atoms with van der Waals surface area (Å²) in [5.41, 5.74) is 0.700. The summed E-state index contributed by atoms with van der Waals surface area (Å²) in [4.78, 5) is 0. The fourth-order valence-electron chi connectivity index (χ4n) is 2.93. The summed E-state index contributed by atoms with van der Waals surface area (Å²) >= 11 is 6.60. The van der Waals surface area contributed by atoms with Gasteiger partial charge in [-0.2, -0.15) is 0 Å². The second-order valence-corrected chi connectivity index (χ2v) is 5.74. The smallest absolute Gasteiger partial charge is 0.123 e. The maximum atomic E-state index is 13.5. The Bertz CT molecular complexity index is 452. The zero-order valence-corrected chi connectivity index (χ0v) is 12.4. The topological polar surface area (TPSA) is 18.5 Å². The van der Waals surface area contributed by atoms with Gasteiger partial charge in [0.1, 0.15) is 11.6 Å². The Morgan fingerprint density at radius 3 is 2.47 bits per heavy atom. The number of alkyl halides is 1. The van der Waals surface area contributed by atoms with E-state index in [0.717, 1.165) is 0 Å². The summed E-state index contributed by atoms with van der Waals surface area (Å²) < 4.78 is 24.6. The predicted molar refractivity (Wildman–Crippen MR) is 74.2 cm³/mol. The van der Waals surface area contributed by atoms with Gasteiger partial charge in [0, 0.05) is 11.5 Å². The third-order valence-corrected chi connectivity index (χ3v) is 4.67. The van der Waals surface area contributed by atoms with Crippen LogP contribution in [0.4, 0.5) is 4.39 Å². The van der Waals surface area contributed by atoms with Crippen LogP contribution in [-0.2, 0) is 4.74 Å². The molecule has 0 radical (unpaired) electrons. The van der Waals surface area contributed by atoms with Crippen LogP contribution in [0, 0.1) is 17.7 Å². The summed E-state index contributed by atoms with van der Waals surface area (Å²) in [6.07, 6.45) is 0.223. The maximum Gasteiger partial charge on any atom is 0.123 e. The fraction of sp³-hybridized carbons (Fsp3) is 0.600. The van der Waals surface area contributed by atoms with E-state index in [4.69, 9.17) is 21.1 Å². The molecule has 106 valence electrons. The lowest BCUT2D eigenvalue weighted by Crippen LogP contribution is -2.22. The quantitative estimate of drug-likeness (QED) is 0.776. The highest BCUT2D eigenvalue weighted by atomic mass is 35.5. The first-order chi connectivity index (χ1) is 8.95. The van der Waals surface area contributed by atoms with Crippen LogP contribution in [0.25, 0.3) is 0 Å². The van der Waals surface area contributed by atoms with Gasteiger partial charge in [-0.1, -0.05) is 6.92 Å². The molecule has 1 aliphatic rings. The molecule has 5 atom stereocenters. The van der Waals surface area contributed by atoms with Gasteiger partial charge in [0.25, 0.3) is 0 Å². The van der Waals surface area contributed by atoms with Crippen molar-refractivity contribution in [2.75, 3.05) is 7.11 Å². The molecule has 2 nitrogen and oxygen atoms in total. The second kappa shape index (κ2) is 5.68. The van der Waals surface area contributed by atoms with Gasteiger partial charge >= 0.3 is 0 Å². The van der Waals surface area contributed by atoms with Crippen molar-refractivity contribution >= 4 is 11.6 Å². The van der Waals surface area contributed by atoms with Crippen molar-refractivity contribution in [3.8, 4) is 5.75 Å². The van der Waals surface area contributed by atoms with E-state index in [9.17, 15) is 4.39 Å². The number of hydrogen-bond donors (Lipinski definition) is 0. The first kappa shape index (κ1) is 14.6. The van der Waals surface area contributed by atoms with Crippen molar-refractivity contribution in [2.24, 2.45) is 11.8 Å². The molecule has 1 aromatic carbocycles. The van der Waals surface area contributed by atoms with Crippen LogP contribution in [0.2, 0.25) is 0 Å². The molecule has 1 saturated heterocycles. The molecule has 1 fully saturated rings. The fourth-order valence-corrected chi connectivity index (χ4v) is 3.53. The predicted octanol–water partition coefficient (Wildman–Crippen LogP) is 4.17. The number of hydrogen-bond acceptors (Lipinski definition) is 2. The van der Waals surface area contributed by atoms with E-state index in [1.165, 1.54) is 12.1 Å². The van der Waals surface area contributed by atoms with Crippen molar-refractivity contribution in [2.45, 2.75) is 38.4 Å². The van der Waals surface area contributed by atoms with Gasteiger partial charge < -0.3 is 9.47 Å². The zero-order chi connectivity index (χ0) is 14.2. The van der Waals surface area contributed by atoms with Crippen LogP contribution in [0.1, 0.15) is 31.7 Å². The van der Waals surface area contributed by atoms with E-state index in [1.54, 1.807) is 13.2 Å². The van der Waals surface area contributed by atoms with E-state index < -0.39 is 0 Å². The largest absolute Gasteiger partial charge is 0.496 e. The normalized spacial score (nSPS) is 32.3. The van der Waals surface area contributed by atoms with Crippen molar-refractivity contribution < 1.29 is 13.9 Å². The number of benzene rings is 1. The number of ether oxygens (including phenoxy) is 2. The van der Waals surface area contributed by atoms with Gasteiger partial charge in [-0.05, 0) is 38.0 Å². The standard InChI is InChI=1S/C15H20ClFO2/c1-8-9(2)19-10(3)14(8)15(16)12-7-11(17)5-6-13(12)18-4/h5-10,14-15H,1-4H3. The molecule has 0 aromatic heterocycles. The lowest BCUT2D eigenvalue weighted by Gasteiger charge is -2.25. The minimum absolute atomic E-state index is 0.0560. The Hall–Kier alpha value is -0.800.